The number of thiophene rings is 1. The highest BCUT2D eigenvalue weighted by atomic mass is 127. The van der Waals surface area contributed by atoms with Crippen LogP contribution in [-0.2, 0) is 5.33 Å². The van der Waals surface area contributed by atoms with Crippen LogP contribution in [0, 0.1) is 2.88 Å². The molecule has 0 fully saturated rings. The first kappa shape index (κ1) is 10.6. The molecule has 0 aliphatic rings. The number of carbonyl (C=O) groups excluding carboxylic acids is 1. The summed E-state index contributed by atoms with van der Waals surface area (Å²) in [6, 6.07) is 6.03. The second-order valence-electron chi connectivity index (χ2n) is 2.85. The Hall–Kier alpha value is 0.0600. The van der Waals surface area contributed by atoms with Gasteiger partial charge in [0.15, 0.2) is 0 Å². The number of alkyl halides is 1. The average Bonchev–Trinajstić information content (AvgIpc) is 2.56. The summed E-state index contributed by atoms with van der Waals surface area (Å²) in [5.74, 6) is 0. The third-order valence-electron chi connectivity index (χ3n) is 2.08. The number of benzene rings is 1. The van der Waals surface area contributed by atoms with Crippen molar-refractivity contribution in [3.05, 3.63) is 32.2 Å². The molecule has 0 spiro atoms. The van der Waals surface area contributed by atoms with Crippen molar-refractivity contribution in [2.45, 2.75) is 5.33 Å². The summed E-state index contributed by atoms with van der Waals surface area (Å²) in [4.78, 5) is 10.8. The number of rotatable bonds is 2. The predicted molar refractivity (Wildman–Crippen MR) is 72.6 cm³/mol. The van der Waals surface area contributed by atoms with E-state index in [0.29, 0.717) is 0 Å². The lowest BCUT2D eigenvalue weighted by Gasteiger charge is -2.01. The van der Waals surface area contributed by atoms with Crippen LogP contribution in [0.5, 0.6) is 0 Å². The van der Waals surface area contributed by atoms with E-state index in [9.17, 15) is 4.79 Å². The highest BCUT2D eigenvalue weighted by molar-refractivity contribution is 14.1. The Morgan fingerprint density at radius 2 is 2.29 bits per heavy atom. The van der Waals surface area contributed by atoms with Crippen molar-refractivity contribution in [2.24, 2.45) is 0 Å². The normalized spacial score (nSPS) is 10.7. The van der Waals surface area contributed by atoms with E-state index in [4.69, 9.17) is 0 Å². The van der Waals surface area contributed by atoms with Gasteiger partial charge < -0.3 is 0 Å². The molecular weight excluding hydrogens is 375 g/mol. The van der Waals surface area contributed by atoms with Crippen LogP contribution in [0.4, 0.5) is 0 Å². The number of carbonyl (C=O) groups is 1. The van der Waals surface area contributed by atoms with Gasteiger partial charge in [-0.2, -0.15) is 0 Å². The summed E-state index contributed by atoms with van der Waals surface area (Å²) in [7, 11) is 0. The van der Waals surface area contributed by atoms with E-state index >= 15 is 0 Å². The molecule has 0 bridgehead atoms. The first-order valence-corrected chi connectivity index (χ1v) is 7.00. The van der Waals surface area contributed by atoms with Crippen LogP contribution in [0.2, 0.25) is 0 Å². The lowest BCUT2D eigenvalue weighted by Crippen LogP contribution is -1.88. The Bertz CT molecular complexity index is 492. The molecule has 2 aromatic rings. The Morgan fingerprint density at radius 1 is 1.50 bits per heavy atom. The summed E-state index contributed by atoms with van der Waals surface area (Å²) in [5, 5.41) is 1.92. The topological polar surface area (TPSA) is 17.1 Å². The van der Waals surface area contributed by atoms with Crippen LogP contribution in [0.15, 0.2) is 18.2 Å². The van der Waals surface area contributed by atoms with Crippen LogP contribution < -0.4 is 0 Å². The van der Waals surface area contributed by atoms with Crippen molar-refractivity contribution < 1.29 is 4.79 Å². The van der Waals surface area contributed by atoms with Crippen molar-refractivity contribution in [2.75, 3.05) is 0 Å². The van der Waals surface area contributed by atoms with Gasteiger partial charge in [-0.25, -0.2) is 0 Å². The Morgan fingerprint density at radius 3 is 2.93 bits per heavy atom. The van der Waals surface area contributed by atoms with Gasteiger partial charge in [-0.3, -0.25) is 4.79 Å². The molecule has 0 saturated carbocycles. The minimum atomic E-state index is 0.727. The molecule has 0 N–H and O–H groups in total. The average molecular weight is 381 g/mol. The van der Waals surface area contributed by atoms with Gasteiger partial charge in [0.1, 0.15) is 6.29 Å². The van der Waals surface area contributed by atoms with Crippen molar-refractivity contribution in [1.29, 1.82) is 0 Å². The van der Waals surface area contributed by atoms with Gasteiger partial charge in [-0.1, -0.05) is 15.9 Å². The molecule has 0 atom stereocenters. The van der Waals surface area contributed by atoms with Gasteiger partial charge in [0, 0.05) is 15.6 Å². The molecule has 2 rings (SSSR count). The second-order valence-corrected chi connectivity index (χ2v) is 6.39. The largest absolute Gasteiger partial charge is 0.298 e. The fraction of sp³-hybridized carbons (Fsp3) is 0.100. The van der Waals surface area contributed by atoms with Crippen molar-refractivity contribution in [3.8, 4) is 0 Å². The van der Waals surface area contributed by atoms with Gasteiger partial charge in [0.25, 0.3) is 0 Å². The number of aldehydes is 1. The number of hydrogen-bond donors (Lipinski definition) is 0. The van der Waals surface area contributed by atoms with E-state index in [1.165, 1.54) is 13.0 Å². The maximum Gasteiger partial charge on any atom is 0.150 e. The monoisotopic (exact) mass is 380 g/mol. The van der Waals surface area contributed by atoms with E-state index in [1.54, 1.807) is 11.3 Å². The summed E-state index contributed by atoms with van der Waals surface area (Å²) < 4.78 is 2.50. The Balaban J connectivity index is 2.82. The van der Waals surface area contributed by atoms with Crippen molar-refractivity contribution >= 4 is 66.2 Å². The van der Waals surface area contributed by atoms with Gasteiger partial charge in [-0.15, -0.1) is 11.3 Å². The third-order valence-corrected chi connectivity index (χ3v) is 4.50. The Kier molecular flexibility index (Phi) is 3.23. The third kappa shape index (κ3) is 1.75. The van der Waals surface area contributed by atoms with Crippen LogP contribution in [0.1, 0.15) is 15.9 Å². The quantitative estimate of drug-likeness (QED) is 0.433. The van der Waals surface area contributed by atoms with E-state index in [1.807, 2.05) is 12.1 Å². The van der Waals surface area contributed by atoms with Gasteiger partial charge in [0.2, 0.25) is 0 Å². The van der Waals surface area contributed by atoms with E-state index in [0.717, 1.165) is 22.7 Å². The van der Waals surface area contributed by atoms with Gasteiger partial charge in [-0.05, 0) is 51.7 Å². The molecular formula is C10H6BrIOS. The number of halogens is 2. The summed E-state index contributed by atoms with van der Waals surface area (Å²) in [5.41, 5.74) is 1.88. The molecule has 1 aromatic carbocycles. The summed E-state index contributed by atoms with van der Waals surface area (Å²) >= 11 is 7.48. The van der Waals surface area contributed by atoms with E-state index in [-0.39, 0.29) is 0 Å². The first-order valence-electron chi connectivity index (χ1n) is 3.98. The molecule has 4 heteroatoms. The van der Waals surface area contributed by atoms with Crippen molar-refractivity contribution in [3.63, 3.8) is 0 Å². The van der Waals surface area contributed by atoms with Crippen LogP contribution in [0.3, 0.4) is 0 Å². The number of fused-ring (bicyclic) bond motifs is 1. The molecule has 72 valence electrons. The molecule has 0 unspecified atom stereocenters. The standard InChI is InChI=1S/C10H6BrIOS/c11-4-8-6(5-13)1-2-9-7(8)3-10(12)14-9/h1-3,5H,4H2. The fourth-order valence-electron chi connectivity index (χ4n) is 1.41. The molecule has 1 nitrogen and oxygen atoms in total. The predicted octanol–water partition coefficient (Wildman–Crippen LogP) is 4.21. The van der Waals surface area contributed by atoms with E-state index in [2.05, 4.69) is 44.6 Å². The highest BCUT2D eigenvalue weighted by Gasteiger charge is 2.08. The number of hydrogen-bond acceptors (Lipinski definition) is 2. The molecule has 1 heterocycles. The fourth-order valence-corrected chi connectivity index (χ4v) is 3.88. The van der Waals surface area contributed by atoms with Crippen LogP contribution >= 0.6 is 49.9 Å². The molecule has 14 heavy (non-hydrogen) atoms. The molecule has 0 radical (unpaired) electrons. The lowest BCUT2D eigenvalue weighted by molar-refractivity contribution is 0.112. The molecule has 0 amide bonds. The van der Waals surface area contributed by atoms with Gasteiger partial charge >= 0.3 is 0 Å². The molecule has 0 saturated heterocycles. The molecule has 0 aliphatic heterocycles. The maximum atomic E-state index is 10.8. The minimum absolute atomic E-state index is 0.727. The maximum absolute atomic E-state index is 10.8. The zero-order valence-electron chi connectivity index (χ0n) is 7.09. The summed E-state index contributed by atoms with van der Waals surface area (Å²) in [6.45, 7) is 0. The smallest absolute Gasteiger partial charge is 0.150 e. The van der Waals surface area contributed by atoms with E-state index < -0.39 is 0 Å². The van der Waals surface area contributed by atoms with Crippen molar-refractivity contribution in [1.82, 2.24) is 0 Å². The van der Waals surface area contributed by atoms with Crippen LogP contribution in [0.25, 0.3) is 10.1 Å². The molecule has 0 aliphatic carbocycles. The first-order chi connectivity index (χ1) is 6.76. The highest BCUT2D eigenvalue weighted by Crippen LogP contribution is 2.31. The van der Waals surface area contributed by atoms with Crippen LogP contribution in [-0.4, -0.2) is 6.29 Å². The Labute approximate surface area is 108 Å². The second kappa shape index (κ2) is 4.28. The zero-order valence-corrected chi connectivity index (χ0v) is 11.6. The summed E-state index contributed by atoms with van der Waals surface area (Å²) in [6.07, 6.45) is 0.917. The van der Waals surface area contributed by atoms with Gasteiger partial charge in [0.05, 0.1) is 2.88 Å². The SMILES string of the molecule is O=Cc1ccc2sc(I)cc2c1CBr. The lowest BCUT2D eigenvalue weighted by atomic mass is 10.1. The minimum Gasteiger partial charge on any atom is -0.298 e. The molecule has 1 aromatic heterocycles. The zero-order chi connectivity index (χ0) is 10.1.